The van der Waals surface area contributed by atoms with Gasteiger partial charge < -0.3 is 9.47 Å². The lowest BCUT2D eigenvalue weighted by Crippen LogP contribution is -2.09. The maximum Gasteiger partial charge on any atom is 0.293 e. The number of allylic oxidation sites excluding steroid dienone is 4. The predicted octanol–water partition coefficient (Wildman–Crippen LogP) is 4.43. The van der Waals surface area contributed by atoms with Crippen LogP contribution in [-0.4, -0.2) is 18.6 Å². The Labute approximate surface area is 147 Å². The van der Waals surface area contributed by atoms with Crippen LogP contribution in [0.25, 0.3) is 10.9 Å². The van der Waals surface area contributed by atoms with Gasteiger partial charge in [0.25, 0.3) is 6.47 Å². The minimum atomic E-state index is -0.411. The summed E-state index contributed by atoms with van der Waals surface area (Å²) in [5, 5.41) is 1.06. The highest BCUT2D eigenvalue weighted by Crippen LogP contribution is 2.30. The molecule has 1 aliphatic rings. The summed E-state index contributed by atoms with van der Waals surface area (Å²) in [6.45, 7) is 6.29. The number of fused-ring (bicyclic) bond motifs is 1. The highest BCUT2D eigenvalue weighted by Gasteiger charge is 2.19. The Morgan fingerprint density at radius 3 is 2.92 bits per heavy atom. The zero-order chi connectivity index (χ0) is 17.8. The van der Waals surface area contributed by atoms with E-state index < -0.39 is 6.10 Å². The average molecular weight is 335 g/mol. The maximum atomic E-state index is 10.8. The molecule has 2 aromatic rings. The molecule has 0 spiro atoms. The Bertz CT molecular complexity index is 880. The molecular formula is C21H21NO3. The summed E-state index contributed by atoms with van der Waals surface area (Å²) in [4.78, 5) is 15.5. The summed E-state index contributed by atoms with van der Waals surface area (Å²) >= 11 is 0. The Morgan fingerprint density at radius 2 is 2.16 bits per heavy atom. The lowest BCUT2D eigenvalue weighted by atomic mass is 9.93. The second-order valence-corrected chi connectivity index (χ2v) is 6.08. The highest BCUT2D eigenvalue weighted by molar-refractivity contribution is 5.79. The molecule has 0 saturated heterocycles. The van der Waals surface area contributed by atoms with Crippen molar-refractivity contribution >= 4 is 17.4 Å². The van der Waals surface area contributed by atoms with Crippen LogP contribution in [0.3, 0.4) is 0 Å². The number of pyridine rings is 1. The molecule has 128 valence electrons. The van der Waals surface area contributed by atoms with Gasteiger partial charge in [-0.15, -0.1) is 0 Å². The molecule has 4 heteroatoms. The molecule has 1 atom stereocenters. The fourth-order valence-electron chi connectivity index (χ4n) is 3.06. The minimum absolute atomic E-state index is 0.411. The highest BCUT2D eigenvalue weighted by atomic mass is 16.5. The molecule has 4 nitrogen and oxygen atoms in total. The van der Waals surface area contributed by atoms with Crippen LogP contribution < -0.4 is 0 Å². The van der Waals surface area contributed by atoms with Gasteiger partial charge in [-0.2, -0.15) is 0 Å². The van der Waals surface area contributed by atoms with E-state index in [1.807, 2.05) is 37.3 Å². The molecule has 3 rings (SSSR count). The number of para-hydroxylation sites is 1. The lowest BCUT2D eigenvalue weighted by Gasteiger charge is -2.20. The van der Waals surface area contributed by atoms with Crippen LogP contribution in [0, 0.1) is 0 Å². The van der Waals surface area contributed by atoms with Gasteiger partial charge in [-0.1, -0.05) is 30.9 Å². The normalized spacial score (nSPS) is 15.4. The van der Waals surface area contributed by atoms with Crippen molar-refractivity contribution in [3.63, 3.8) is 0 Å². The quantitative estimate of drug-likeness (QED) is 0.733. The van der Waals surface area contributed by atoms with Crippen molar-refractivity contribution in [2.45, 2.75) is 25.9 Å². The summed E-state index contributed by atoms with van der Waals surface area (Å²) in [6.07, 6.45) is 5.15. The number of methoxy groups -OCH3 is 1. The first-order valence-electron chi connectivity index (χ1n) is 8.23. The van der Waals surface area contributed by atoms with Gasteiger partial charge in [-0.25, -0.2) is 4.98 Å². The summed E-state index contributed by atoms with van der Waals surface area (Å²) in [5.74, 6) is 0.819. The molecule has 0 fully saturated rings. The van der Waals surface area contributed by atoms with Crippen molar-refractivity contribution in [2.75, 3.05) is 7.11 Å². The number of benzene rings is 1. The van der Waals surface area contributed by atoms with Crippen molar-refractivity contribution in [1.82, 2.24) is 4.98 Å². The van der Waals surface area contributed by atoms with Crippen LogP contribution in [0.5, 0.6) is 0 Å². The molecule has 1 heterocycles. The summed E-state index contributed by atoms with van der Waals surface area (Å²) in [5.41, 5.74) is 4.79. The number of hydrogen-bond acceptors (Lipinski definition) is 4. The smallest absolute Gasteiger partial charge is 0.293 e. The second kappa shape index (κ2) is 7.34. The zero-order valence-electron chi connectivity index (χ0n) is 14.5. The first-order valence-corrected chi connectivity index (χ1v) is 8.23. The van der Waals surface area contributed by atoms with Crippen LogP contribution in [-0.2, 0) is 20.7 Å². The van der Waals surface area contributed by atoms with E-state index in [4.69, 9.17) is 14.5 Å². The Kier molecular flexibility index (Phi) is 4.98. The zero-order valence-corrected chi connectivity index (χ0v) is 14.5. The fraction of sp³-hybridized carbons (Fsp3) is 0.238. The molecule has 1 aliphatic carbocycles. The van der Waals surface area contributed by atoms with Crippen LogP contribution in [0.4, 0.5) is 0 Å². The van der Waals surface area contributed by atoms with Gasteiger partial charge in [-0.3, -0.25) is 4.79 Å². The van der Waals surface area contributed by atoms with E-state index in [0.29, 0.717) is 12.9 Å². The first kappa shape index (κ1) is 17.0. The SMILES string of the molecule is C=C1C=C(OC)C(Cc2cc3ccccc3nc2C(C)OC=O)=CC1. The maximum absolute atomic E-state index is 10.8. The summed E-state index contributed by atoms with van der Waals surface area (Å²) < 4.78 is 10.7. The van der Waals surface area contributed by atoms with E-state index >= 15 is 0 Å². The number of hydrogen-bond donors (Lipinski definition) is 0. The number of rotatable bonds is 6. The van der Waals surface area contributed by atoms with E-state index in [0.717, 1.165) is 45.5 Å². The third-order valence-electron chi connectivity index (χ3n) is 4.34. The van der Waals surface area contributed by atoms with E-state index in [2.05, 4.69) is 18.7 Å². The van der Waals surface area contributed by atoms with Crippen LogP contribution in [0.15, 0.2) is 66.0 Å². The minimum Gasteiger partial charge on any atom is -0.496 e. The number of ether oxygens (including phenoxy) is 2. The molecule has 0 N–H and O–H groups in total. The van der Waals surface area contributed by atoms with Crippen molar-refractivity contribution in [3.8, 4) is 0 Å². The third kappa shape index (κ3) is 3.63. The number of carbonyl (C=O) groups is 1. The molecule has 0 amide bonds. The monoisotopic (exact) mass is 335 g/mol. The molecule has 0 bridgehead atoms. The van der Waals surface area contributed by atoms with E-state index in [9.17, 15) is 4.79 Å². The Morgan fingerprint density at radius 1 is 1.36 bits per heavy atom. The molecule has 0 saturated carbocycles. The van der Waals surface area contributed by atoms with Gasteiger partial charge in [0.15, 0.2) is 0 Å². The summed E-state index contributed by atoms with van der Waals surface area (Å²) in [6, 6.07) is 10.0. The Hall–Kier alpha value is -2.88. The van der Waals surface area contributed by atoms with Gasteiger partial charge in [0, 0.05) is 11.8 Å². The first-order chi connectivity index (χ1) is 12.1. The van der Waals surface area contributed by atoms with Crippen LogP contribution in [0.1, 0.15) is 30.7 Å². The molecule has 0 aliphatic heterocycles. The largest absolute Gasteiger partial charge is 0.496 e. The van der Waals surface area contributed by atoms with Gasteiger partial charge in [0.1, 0.15) is 11.9 Å². The van der Waals surface area contributed by atoms with Crippen molar-refractivity contribution in [1.29, 1.82) is 0 Å². The number of carbonyl (C=O) groups excluding carboxylic acids is 1. The van der Waals surface area contributed by atoms with Gasteiger partial charge in [-0.05, 0) is 48.3 Å². The third-order valence-corrected chi connectivity index (χ3v) is 4.34. The molecule has 0 radical (unpaired) electrons. The number of aromatic nitrogens is 1. The second-order valence-electron chi connectivity index (χ2n) is 6.08. The standard InChI is InChI=1S/C21H21NO3/c1-14-8-9-17(20(10-14)24-3)12-18-11-16-6-4-5-7-19(16)22-21(18)15(2)25-13-23/h4-7,9-11,13,15H,1,8,12H2,2-3H3. The van der Waals surface area contributed by atoms with Crippen molar-refractivity contribution in [3.05, 3.63) is 77.2 Å². The lowest BCUT2D eigenvalue weighted by molar-refractivity contribution is -0.133. The molecule has 1 aromatic heterocycles. The van der Waals surface area contributed by atoms with Gasteiger partial charge in [0.05, 0.1) is 18.3 Å². The van der Waals surface area contributed by atoms with Crippen molar-refractivity contribution < 1.29 is 14.3 Å². The number of nitrogens with zero attached hydrogens (tertiary/aromatic N) is 1. The van der Waals surface area contributed by atoms with Gasteiger partial charge in [0.2, 0.25) is 0 Å². The molecule has 1 unspecified atom stereocenters. The fourth-order valence-corrected chi connectivity index (χ4v) is 3.06. The summed E-state index contributed by atoms with van der Waals surface area (Å²) in [7, 11) is 1.66. The predicted molar refractivity (Wildman–Crippen MR) is 97.9 cm³/mol. The topological polar surface area (TPSA) is 48.4 Å². The van der Waals surface area contributed by atoms with E-state index in [-0.39, 0.29) is 0 Å². The van der Waals surface area contributed by atoms with E-state index in [1.54, 1.807) is 7.11 Å². The molecular weight excluding hydrogens is 314 g/mol. The van der Waals surface area contributed by atoms with Crippen LogP contribution >= 0.6 is 0 Å². The van der Waals surface area contributed by atoms with E-state index in [1.165, 1.54) is 0 Å². The molecule has 1 aromatic carbocycles. The molecule has 25 heavy (non-hydrogen) atoms. The van der Waals surface area contributed by atoms with Crippen molar-refractivity contribution in [2.24, 2.45) is 0 Å². The van der Waals surface area contributed by atoms with Crippen LogP contribution in [0.2, 0.25) is 0 Å². The Balaban J connectivity index is 2.04. The average Bonchev–Trinajstić information content (AvgIpc) is 2.62. The van der Waals surface area contributed by atoms with Gasteiger partial charge >= 0.3 is 0 Å².